The van der Waals surface area contributed by atoms with Crippen molar-refractivity contribution in [2.45, 2.75) is 24.8 Å². The summed E-state index contributed by atoms with van der Waals surface area (Å²) < 4.78 is 5.55. The number of rotatable bonds is 7. The molecule has 1 aliphatic carbocycles. The molecule has 5 heteroatoms. The van der Waals surface area contributed by atoms with Gasteiger partial charge in [0, 0.05) is 12.0 Å². The maximum atomic E-state index is 12.5. The van der Waals surface area contributed by atoms with Crippen LogP contribution in [0.1, 0.15) is 29.0 Å². The van der Waals surface area contributed by atoms with Crippen molar-refractivity contribution >= 4 is 12.1 Å². The van der Waals surface area contributed by atoms with Crippen LogP contribution >= 0.6 is 0 Å². The van der Waals surface area contributed by atoms with Crippen molar-refractivity contribution in [2.75, 3.05) is 6.61 Å². The highest BCUT2D eigenvalue weighted by Gasteiger charge is 2.29. The van der Waals surface area contributed by atoms with E-state index in [1.54, 1.807) is 0 Å². The molecule has 1 amide bonds. The zero-order valence-corrected chi connectivity index (χ0v) is 16.5. The highest BCUT2D eigenvalue weighted by Crippen LogP contribution is 2.44. The van der Waals surface area contributed by atoms with E-state index in [0.717, 1.165) is 27.8 Å². The minimum absolute atomic E-state index is 0.0322. The molecule has 30 heavy (non-hydrogen) atoms. The Hall–Kier alpha value is -3.60. The van der Waals surface area contributed by atoms with Crippen LogP contribution < -0.4 is 5.32 Å². The Kier molecular flexibility index (Phi) is 5.80. The minimum Gasteiger partial charge on any atom is -0.481 e. The Morgan fingerprint density at radius 3 is 2.03 bits per heavy atom. The Labute approximate surface area is 175 Å². The molecule has 3 aromatic rings. The highest BCUT2D eigenvalue weighted by molar-refractivity contribution is 5.79. The van der Waals surface area contributed by atoms with E-state index in [9.17, 15) is 14.7 Å². The van der Waals surface area contributed by atoms with Crippen LogP contribution in [0.3, 0.4) is 0 Å². The summed E-state index contributed by atoms with van der Waals surface area (Å²) in [5.41, 5.74) is 5.56. The van der Waals surface area contributed by atoms with Crippen molar-refractivity contribution in [2.24, 2.45) is 0 Å². The van der Waals surface area contributed by atoms with E-state index < -0.39 is 18.1 Å². The fourth-order valence-corrected chi connectivity index (χ4v) is 4.09. The molecule has 0 fully saturated rings. The maximum Gasteiger partial charge on any atom is 0.407 e. The van der Waals surface area contributed by atoms with E-state index in [0.29, 0.717) is 6.42 Å². The molecule has 5 nitrogen and oxygen atoms in total. The van der Waals surface area contributed by atoms with Crippen molar-refractivity contribution in [1.29, 1.82) is 0 Å². The van der Waals surface area contributed by atoms with E-state index in [1.165, 1.54) is 0 Å². The second-order valence-corrected chi connectivity index (χ2v) is 7.45. The zero-order chi connectivity index (χ0) is 20.9. The van der Waals surface area contributed by atoms with Gasteiger partial charge < -0.3 is 15.2 Å². The van der Waals surface area contributed by atoms with Crippen LogP contribution in [0, 0.1) is 0 Å². The van der Waals surface area contributed by atoms with E-state index in [-0.39, 0.29) is 18.9 Å². The van der Waals surface area contributed by atoms with Crippen molar-refractivity contribution in [1.82, 2.24) is 5.32 Å². The molecular formula is C25H23NO4. The molecule has 4 rings (SSSR count). The molecule has 0 unspecified atom stereocenters. The van der Waals surface area contributed by atoms with Crippen LogP contribution in [0.2, 0.25) is 0 Å². The van der Waals surface area contributed by atoms with Gasteiger partial charge in [0.05, 0.1) is 6.42 Å². The van der Waals surface area contributed by atoms with Crippen molar-refractivity contribution < 1.29 is 19.4 Å². The lowest BCUT2D eigenvalue weighted by atomic mass is 9.98. The van der Waals surface area contributed by atoms with Gasteiger partial charge in [-0.25, -0.2) is 4.79 Å². The largest absolute Gasteiger partial charge is 0.481 e. The average molecular weight is 401 g/mol. The number of fused-ring (bicyclic) bond motifs is 3. The number of aliphatic carboxylic acids is 1. The van der Waals surface area contributed by atoms with Crippen molar-refractivity contribution in [3.05, 3.63) is 95.6 Å². The SMILES string of the molecule is O=C(O)C[C@@H](Cc1ccccc1)NC(=O)OCC1c2ccccc2-c2ccccc21. The Bertz CT molecular complexity index is 1000. The summed E-state index contributed by atoms with van der Waals surface area (Å²) >= 11 is 0. The molecule has 0 heterocycles. The smallest absolute Gasteiger partial charge is 0.407 e. The van der Waals surface area contributed by atoms with E-state index >= 15 is 0 Å². The summed E-state index contributed by atoms with van der Waals surface area (Å²) in [5.74, 6) is -0.995. The van der Waals surface area contributed by atoms with Gasteiger partial charge in [0.15, 0.2) is 0 Å². The van der Waals surface area contributed by atoms with Crippen LogP contribution in [-0.2, 0) is 16.0 Å². The lowest BCUT2D eigenvalue weighted by molar-refractivity contribution is -0.137. The molecule has 152 valence electrons. The molecule has 1 atom stereocenters. The first kappa shape index (κ1) is 19.7. The standard InChI is InChI=1S/C25H23NO4/c27-24(28)15-18(14-17-8-2-1-3-9-17)26-25(29)30-16-23-21-12-6-4-10-19(21)20-11-5-7-13-22(20)23/h1-13,18,23H,14-16H2,(H,26,29)(H,27,28)/t18-/m1/s1. The summed E-state index contributed by atoms with van der Waals surface area (Å²) in [6.07, 6.45) is -0.338. The third kappa shape index (κ3) is 4.35. The van der Waals surface area contributed by atoms with Crippen LogP contribution in [0.25, 0.3) is 11.1 Å². The number of carboxylic acid groups (broad SMARTS) is 1. The number of ether oxygens (including phenoxy) is 1. The number of nitrogens with one attached hydrogen (secondary N) is 1. The van der Waals surface area contributed by atoms with E-state index in [4.69, 9.17) is 4.74 Å². The molecule has 0 radical (unpaired) electrons. The predicted octanol–water partition coefficient (Wildman–Crippen LogP) is 4.61. The first-order valence-corrected chi connectivity index (χ1v) is 9.99. The van der Waals surface area contributed by atoms with Crippen molar-refractivity contribution in [3.63, 3.8) is 0 Å². The first-order chi connectivity index (χ1) is 14.6. The molecule has 3 aromatic carbocycles. The Morgan fingerprint density at radius 1 is 0.867 bits per heavy atom. The summed E-state index contributed by atoms with van der Waals surface area (Å²) in [6, 6.07) is 25.2. The number of benzene rings is 3. The lowest BCUT2D eigenvalue weighted by Crippen LogP contribution is -2.39. The van der Waals surface area contributed by atoms with Crippen LogP contribution in [0.5, 0.6) is 0 Å². The molecule has 0 aromatic heterocycles. The summed E-state index contributed by atoms with van der Waals surface area (Å²) in [6.45, 7) is 0.199. The number of hydrogen-bond acceptors (Lipinski definition) is 3. The molecule has 0 bridgehead atoms. The van der Waals surface area contributed by atoms with Crippen molar-refractivity contribution in [3.8, 4) is 11.1 Å². The third-order valence-corrected chi connectivity index (χ3v) is 5.41. The zero-order valence-electron chi connectivity index (χ0n) is 16.5. The highest BCUT2D eigenvalue weighted by atomic mass is 16.5. The van der Waals surface area contributed by atoms with Gasteiger partial charge in [0.1, 0.15) is 6.61 Å². The van der Waals surface area contributed by atoms with Crippen LogP contribution in [-0.4, -0.2) is 29.8 Å². The summed E-state index contributed by atoms with van der Waals surface area (Å²) in [7, 11) is 0. The fourth-order valence-electron chi connectivity index (χ4n) is 4.09. The molecule has 0 spiro atoms. The van der Waals surface area contributed by atoms with Gasteiger partial charge in [-0.2, -0.15) is 0 Å². The van der Waals surface area contributed by atoms with Gasteiger partial charge in [0.25, 0.3) is 0 Å². The molecule has 2 N–H and O–H groups in total. The molecule has 0 aliphatic heterocycles. The minimum atomic E-state index is -0.963. The van der Waals surface area contributed by atoms with Gasteiger partial charge in [-0.15, -0.1) is 0 Å². The summed E-state index contributed by atoms with van der Waals surface area (Å²) in [5, 5.41) is 11.9. The van der Waals surface area contributed by atoms with Gasteiger partial charge in [-0.3, -0.25) is 4.79 Å². The predicted molar refractivity (Wildman–Crippen MR) is 114 cm³/mol. The second-order valence-electron chi connectivity index (χ2n) is 7.45. The number of hydrogen-bond donors (Lipinski definition) is 2. The number of carbonyl (C=O) groups excluding carboxylic acids is 1. The van der Waals surface area contributed by atoms with E-state index in [1.807, 2.05) is 54.6 Å². The number of alkyl carbamates (subject to hydrolysis) is 1. The number of carbonyl (C=O) groups is 2. The fraction of sp³-hybridized carbons (Fsp3) is 0.200. The normalized spacial score (nSPS) is 13.2. The van der Waals surface area contributed by atoms with Gasteiger partial charge in [-0.05, 0) is 34.2 Å². The van der Waals surface area contributed by atoms with Gasteiger partial charge in [0.2, 0.25) is 0 Å². The van der Waals surface area contributed by atoms with Gasteiger partial charge >= 0.3 is 12.1 Å². The van der Waals surface area contributed by atoms with E-state index in [2.05, 4.69) is 29.6 Å². The molecular weight excluding hydrogens is 378 g/mol. The molecule has 0 saturated carbocycles. The van der Waals surface area contributed by atoms with Crippen LogP contribution in [0.4, 0.5) is 4.79 Å². The van der Waals surface area contributed by atoms with Gasteiger partial charge in [-0.1, -0.05) is 78.9 Å². The van der Waals surface area contributed by atoms with Crippen LogP contribution in [0.15, 0.2) is 78.9 Å². The summed E-state index contributed by atoms with van der Waals surface area (Å²) in [4.78, 5) is 23.7. The molecule has 0 saturated heterocycles. The quantitative estimate of drug-likeness (QED) is 0.606. The Balaban J connectivity index is 1.43. The average Bonchev–Trinajstić information content (AvgIpc) is 3.06. The third-order valence-electron chi connectivity index (χ3n) is 5.41. The number of carboxylic acids is 1. The lowest BCUT2D eigenvalue weighted by Gasteiger charge is -2.19. The topological polar surface area (TPSA) is 75.6 Å². The maximum absolute atomic E-state index is 12.5. The first-order valence-electron chi connectivity index (χ1n) is 9.99. The number of amides is 1. The monoisotopic (exact) mass is 401 g/mol. The Morgan fingerprint density at radius 2 is 1.43 bits per heavy atom. The second kappa shape index (κ2) is 8.82. The molecule has 1 aliphatic rings.